The highest BCUT2D eigenvalue weighted by atomic mass is 19.1. The molecule has 1 amide bonds. The Bertz CT molecular complexity index is 1480. The van der Waals surface area contributed by atoms with Crippen LogP contribution in [0.3, 0.4) is 0 Å². The van der Waals surface area contributed by atoms with E-state index >= 15 is 0 Å². The molecule has 0 atom stereocenters. The number of hydrogen-bond donors (Lipinski definition) is 2. The van der Waals surface area contributed by atoms with Crippen molar-refractivity contribution >= 4 is 28.3 Å². The number of nitrogens with one attached hydrogen (secondary N) is 1. The molecule has 35 heavy (non-hydrogen) atoms. The minimum atomic E-state index is -0.941. The molecular formula is C25H21F2N3O5. The van der Waals surface area contributed by atoms with Crippen molar-refractivity contribution in [2.75, 3.05) is 19.5 Å². The quantitative estimate of drug-likeness (QED) is 0.423. The molecule has 10 heteroatoms. The number of halogens is 2. The molecule has 4 aromatic rings. The lowest BCUT2D eigenvalue weighted by Gasteiger charge is -2.11. The highest BCUT2D eigenvalue weighted by molar-refractivity contribution is 6.05. The summed E-state index contributed by atoms with van der Waals surface area (Å²) in [5.41, 5.74) is 1.22. The first kappa shape index (κ1) is 23.8. The van der Waals surface area contributed by atoms with Gasteiger partial charge in [-0.05, 0) is 25.1 Å². The Balaban J connectivity index is 1.94. The number of aliphatic hydroxyl groups excluding tert-OH is 1. The Kier molecular flexibility index (Phi) is 6.74. The molecule has 0 bridgehead atoms. The van der Waals surface area contributed by atoms with Crippen molar-refractivity contribution in [1.29, 1.82) is 0 Å². The van der Waals surface area contributed by atoms with Crippen LogP contribution in [0, 0.1) is 18.6 Å². The van der Waals surface area contributed by atoms with Crippen LogP contribution < -0.4 is 20.3 Å². The summed E-state index contributed by atoms with van der Waals surface area (Å²) in [5, 5.41) is 12.6. The number of nitrogens with zero attached hydrogens (tertiary/aromatic N) is 2. The fourth-order valence-corrected chi connectivity index (χ4v) is 3.41. The number of anilines is 1. The molecule has 8 nitrogen and oxygen atoms in total. The fraction of sp³-hybridized carbons (Fsp3) is 0.160. The van der Waals surface area contributed by atoms with Gasteiger partial charge < -0.3 is 24.3 Å². The number of rotatable bonds is 6. The minimum absolute atomic E-state index is 0.0525. The van der Waals surface area contributed by atoms with E-state index < -0.39 is 17.5 Å². The number of ether oxygens (including phenoxy) is 2. The molecule has 0 aliphatic heterocycles. The van der Waals surface area contributed by atoms with Crippen LogP contribution in [0.1, 0.15) is 21.6 Å². The smallest absolute Gasteiger partial charge is 0.261 e. The van der Waals surface area contributed by atoms with Gasteiger partial charge in [-0.25, -0.2) is 13.8 Å². The molecule has 2 heterocycles. The Morgan fingerprint density at radius 1 is 1.11 bits per heavy atom. The molecule has 0 unspecified atom stereocenters. The normalized spacial score (nSPS) is 11.5. The van der Waals surface area contributed by atoms with Gasteiger partial charge in [0.2, 0.25) is 5.55 Å². The van der Waals surface area contributed by atoms with Gasteiger partial charge in [0.25, 0.3) is 5.91 Å². The van der Waals surface area contributed by atoms with E-state index in [4.69, 9.17) is 13.9 Å². The molecule has 2 aromatic heterocycles. The minimum Gasteiger partial charge on any atom is -0.497 e. The van der Waals surface area contributed by atoms with E-state index in [1.54, 1.807) is 25.1 Å². The van der Waals surface area contributed by atoms with Crippen molar-refractivity contribution in [2.45, 2.75) is 13.5 Å². The van der Waals surface area contributed by atoms with Gasteiger partial charge in [0.15, 0.2) is 5.58 Å². The summed E-state index contributed by atoms with van der Waals surface area (Å²) >= 11 is 0. The summed E-state index contributed by atoms with van der Waals surface area (Å²) in [5.74, 6) is -1.55. The average Bonchev–Trinajstić information content (AvgIpc) is 2.85. The van der Waals surface area contributed by atoms with Crippen molar-refractivity contribution in [3.63, 3.8) is 0 Å². The van der Waals surface area contributed by atoms with Gasteiger partial charge >= 0.3 is 0 Å². The van der Waals surface area contributed by atoms with Gasteiger partial charge in [0, 0.05) is 41.4 Å². The first-order valence-corrected chi connectivity index (χ1v) is 10.4. The monoisotopic (exact) mass is 481 g/mol. The number of carbonyl (C=O) groups excluding carboxylic acids is 1. The highest BCUT2D eigenvalue weighted by Gasteiger charge is 2.18. The van der Waals surface area contributed by atoms with Crippen LogP contribution in [0.2, 0.25) is 0 Å². The number of pyridine rings is 1. The summed E-state index contributed by atoms with van der Waals surface area (Å²) in [6, 6.07) is 9.15. The van der Waals surface area contributed by atoms with E-state index in [1.165, 1.54) is 26.5 Å². The number of aliphatic hydroxyl groups is 1. The van der Waals surface area contributed by atoms with Gasteiger partial charge in [-0.2, -0.15) is 0 Å². The molecule has 2 N–H and O–H groups in total. The predicted molar refractivity (Wildman–Crippen MR) is 124 cm³/mol. The zero-order valence-electron chi connectivity index (χ0n) is 19.1. The summed E-state index contributed by atoms with van der Waals surface area (Å²) in [6.07, 6.45) is 1.47. The van der Waals surface area contributed by atoms with Gasteiger partial charge in [0.05, 0.1) is 37.9 Å². The van der Waals surface area contributed by atoms with E-state index in [1.807, 2.05) is 0 Å². The largest absolute Gasteiger partial charge is 0.497 e. The van der Waals surface area contributed by atoms with E-state index in [9.17, 15) is 18.7 Å². The van der Waals surface area contributed by atoms with Crippen LogP contribution >= 0.6 is 0 Å². The van der Waals surface area contributed by atoms with E-state index in [0.717, 1.165) is 12.1 Å². The fourth-order valence-electron chi connectivity index (χ4n) is 3.41. The molecule has 0 aliphatic rings. The number of aromatic nitrogens is 1. The Morgan fingerprint density at radius 3 is 2.46 bits per heavy atom. The third-order valence-electron chi connectivity index (χ3n) is 5.21. The lowest BCUT2D eigenvalue weighted by molar-refractivity contribution is 0.102. The maximum absolute atomic E-state index is 14.2. The number of fused-ring (bicyclic) bond motifs is 1. The molecule has 4 rings (SSSR count). The first-order valence-electron chi connectivity index (χ1n) is 10.4. The zero-order valence-corrected chi connectivity index (χ0v) is 19.1. The maximum Gasteiger partial charge on any atom is 0.261 e. The Morgan fingerprint density at radius 2 is 1.83 bits per heavy atom. The third kappa shape index (κ3) is 4.97. The number of amides is 1. The van der Waals surface area contributed by atoms with Crippen molar-refractivity contribution < 1.29 is 32.6 Å². The molecule has 0 saturated heterocycles. The summed E-state index contributed by atoms with van der Waals surface area (Å²) in [7, 11) is 2.97. The molecule has 2 aromatic carbocycles. The van der Waals surface area contributed by atoms with E-state index in [0.29, 0.717) is 45.5 Å². The molecule has 180 valence electrons. The predicted octanol–water partition coefficient (Wildman–Crippen LogP) is 4.41. The number of aryl methyl sites for hydroxylation is 1. The highest BCUT2D eigenvalue weighted by Crippen LogP contribution is 2.28. The molecule has 0 aliphatic carbocycles. The molecular weight excluding hydrogens is 460 g/mol. The van der Waals surface area contributed by atoms with Crippen molar-refractivity contribution in [3.8, 4) is 11.5 Å². The van der Waals surface area contributed by atoms with Gasteiger partial charge in [-0.15, -0.1) is 0 Å². The van der Waals surface area contributed by atoms with Crippen LogP contribution in [-0.4, -0.2) is 30.2 Å². The Hall–Kier alpha value is -4.31. The number of carbonyl (C=O) groups is 1. The summed E-state index contributed by atoms with van der Waals surface area (Å²) in [4.78, 5) is 21.9. The lowest BCUT2D eigenvalue weighted by Crippen LogP contribution is -2.22. The van der Waals surface area contributed by atoms with Crippen LogP contribution in [-0.2, 0) is 6.61 Å². The number of hydrogen-bond acceptors (Lipinski definition) is 7. The van der Waals surface area contributed by atoms with Gasteiger partial charge in [-0.3, -0.25) is 9.78 Å². The summed E-state index contributed by atoms with van der Waals surface area (Å²) < 4.78 is 44.0. The second-order valence-electron chi connectivity index (χ2n) is 7.50. The number of benzene rings is 2. The second kappa shape index (κ2) is 9.90. The van der Waals surface area contributed by atoms with Crippen LogP contribution in [0.4, 0.5) is 20.2 Å². The average molecular weight is 481 g/mol. The zero-order chi connectivity index (χ0) is 25.1. The Labute approximate surface area is 198 Å². The molecule has 0 saturated carbocycles. The third-order valence-corrected chi connectivity index (χ3v) is 5.21. The SMILES string of the molecule is COc1cc(N=c2oc3c(C)ncc(CO)c3cc2C(=O)Nc2ccc(F)cc2F)cc(OC)c1. The first-order chi connectivity index (χ1) is 16.8. The van der Waals surface area contributed by atoms with Gasteiger partial charge in [0.1, 0.15) is 28.7 Å². The van der Waals surface area contributed by atoms with Crippen LogP contribution in [0.5, 0.6) is 11.5 Å². The molecule has 0 radical (unpaired) electrons. The maximum atomic E-state index is 14.2. The van der Waals surface area contributed by atoms with Crippen LogP contribution in [0.15, 0.2) is 58.1 Å². The second-order valence-corrected chi connectivity index (χ2v) is 7.50. The van der Waals surface area contributed by atoms with Crippen molar-refractivity contribution in [3.05, 3.63) is 82.7 Å². The topological polar surface area (TPSA) is 106 Å². The lowest BCUT2D eigenvalue weighted by atomic mass is 10.1. The molecule has 0 spiro atoms. The molecule has 0 fully saturated rings. The standard InChI is InChI=1S/C25H21F2N3O5/c1-13-23-19(14(12-31)11-28-13)10-20(24(32)30-22-5-4-15(26)6-21(22)27)25(35-23)29-16-7-17(33-2)9-18(8-16)34-3/h4-11,31H,12H2,1-3H3,(H,30,32). The van der Waals surface area contributed by atoms with E-state index in [2.05, 4.69) is 15.3 Å². The van der Waals surface area contributed by atoms with Gasteiger partial charge in [-0.1, -0.05) is 0 Å². The summed E-state index contributed by atoms with van der Waals surface area (Å²) in [6.45, 7) is 1.36. The van der Waals surface area contributed by atoms with Crippen molar-refractivity contribution in [2.24, 2.45) is 4.99 Å². The number of methoxy groups -OCH3 is 2. The van der Waals surface area contributed by atoms with Crippen LogP contribution in [0.25, 0.3) is 11.0 Å². The van der Waals surface area contributed by atoms with E-state index in [-0.39, 0.29) is 23.4 Å². The van der Waals surface area contributed by atoms with Crippen molar-refractivity contribution in [1.82, 2.24) is 4.98 Å².